The lowest BCUT2D eigenvalue weighted by Gasteiger charge is -2.17. The first kappa shape index (κ1) is 15.3. The third-order valence-electron chi connectivity index (χ3n) is 3.89. The first-order valence-electron chi connectivity index (χ1n) is 7.27. The molecule has 0 aromatic carbocycles. The van der Waals surface area contributed by atoms with Crippen molar-refractivity contribution < 1.29 is 14.7 Å². The van der Waals surface area contributed by atoms with Gasteiger partial charge in [0, 0.05) is 51.9 Å². The van der Waals surface area contributed by atoms with Crippen molar-refractivity contribution in [3.8, 4) is 0 Å². The van der Waals surface area contributed by atoms with Gasteiger partial charge in [-0.2, -0.15) is 0 Å². The fourth-order valence-corrected chi connectivity index (χ4v) is 2.61. The summed E-state index contributed by atoms with van der Waals surface area (Å²) in [5, 5.41) is 11.6. The van der Waals surface area contributed by atoms with Gasteiger partial charge in [-0.05, 0) is 18.8 Å². The zero-order chi connectivity index (χ0) is 15.2. The van der Waals surface area contributed by atoms with E-state index in [1.165, 1.54) is 0 Å². The number of hydrogen-bond donors (Lipinski definition) is 2. The van der Waals surface area contributed by atoms with E-state index in [4.69, 9.17) is 5.11 Å². The van der Waals surface area contributed by atoms with Gasteiger partial charge in [-0.1, -0.05) is 0 Å². The molecule has 0 saturated carbocycles. The van der Waals surface area contributed by atoms with E-state index in [1.54, 1.807) is 11.1 Å². The highest BCUT2D eigenvalue weighted by Gasteiger charge is 2.26. The predicted molar refractivity (Wildman–Crippen MR) is 76.9 cm³/mol. The molecule has 0 spiro atoms. The van der Waals surface area contributed by atoms with Crippen LogP contribution in [0.5, 0.6) is 0 Å². The number of carboxylic acid groups (broad SMARTS) is 1. The maximum Gasteiger partial charge on any atom is 0.317 e. The van der Waals surface area contributed by atoms with Crippen LogP contribution in [0.2, 0.25) is 0 Å². The normalized spacial score (nSPS) is 18.0. The second-order valence-corrected chi connectivity index (χ2v) is 5.47. The predicted octanol–water partition coefficient (Wildman–Crippen LogP) is 0.859. The third-order valence-corrected chi connectivity index (χ3v) is 3.89. The number of aromatic nitrogens is 2. The summed E-state index contributed by atoms with van der Waals surface area (Å²) in [6.45, 7) is 1.92. The average Bonchev–Trinajstić information content (AvgIpc) is 3.06. The third kappa shape index (κ3) is 4.47. The Hall–Kier alpha value is -2.05. The lowest BCUT2D eigenvalue weighted by atomic mass is 10.0. The Kier molecular flexibility index (Phi) is 5.19. The van der Waals surface area contributed by atoms with Crippen molar-refractivity contribution in [1.29, 1.82) is 0 Å². The number of carbonyl (C=O) groups excluding carboxylic acids is 1. The molecule has 0 bridgehead atoms. The van der Waals surface area contributed by atoms with Crippen molar-refractivity contribution in [3.63, 3.8) is 0 Å². The van der Waals surface area contributed by atoms with Crippen molar-refractivity contribution in [1.82, 2.24) is 19.8 Å². The number of hydrogen-bond acceptors (Lipinski definition) is 3. The Bertz CT molecular complexity index is 500. The van der Waals surface area contributed by atoms with E-state index >= 15 is 0 Å². The van der Waals surface area contributed by atoms with Crippen molar-refractivity contribution in [2.45, 2.75) is 25.7 Å². The quantitative estimate of drug-likeness (QED) is 0.814. The first-order valence-corrected chi connectivity index (χ1v) is 7.27. The minimum Gasteiger partial charge on any atom is -0.481 e. The highest BCUT2D eigenvalue weighted by Crippen LogP contribution is 2.20. The van der Waals surface area contributed by atoms with Crippen LogP contribution >= 0.6 is 0 Å². The van der Waals surface area contributed by atoms with E-state index in [-0.39, 0.29) is 12.5 Å². The molecule has 1 atom stereocenters. The highest BCUT2D eigenvalue weighted by molar-refractivity contribution is 5.74. The molecule has 2 N–H and O–H groups in total. The molecule has 1 aliphatic heterocycles. The number of aryl methyl sites for hydroxylation is 1. The first-order chi connectivity index (χ1) is 10.1. The average molecular weight is 294 g/mol. The van der Waals surface area contributed by atoms with E-state index in [0.717, 1.165) is 12.2 Å². The van der Waals surface area contributed by atoms with Crippen molar-refractivity contribution in [2.75, 3.05) is 19.6 Å². The number of nitrogens with one attached hydrogen (secondary N) is 1. The van der Waals surface area contributed by atoms with Crippen LogP contribution in [0.3, 0.4) is 0 Å². The van der Waals surface area contributed by atoms with Crippen LogP contribution in [-0.2, 0) is 18.3 Å². The molecular formula is C14H22N4O3. The maximum absolute atomic E-state index is 12.0. The van der Waals surface area contributed by atoms with Crippen molar-refractivity contribution in [3.05, 3.63) is 18.2 Å². The minimum atomic E-state index is -0.770. The van der Waals surface area contributed by atoms with Gasteiger partial charge < -0.3 is 19.9 Å². The summed E-state index contributed by atoms with van der Waals surface area (Å²) in [5.74, 6) is 0.477. The number of nitrogens with zero attached hydrogens (tertiary/aromatic N) is 3. The maximum atomic E-state index is 12.0. The molecule has 2 rings (SSSR count). The Morgan fingerprint density at radius 2 is 2.33 bits per heavy atom. The molecular weight excluding hydrogens is 272 g/mol. The Labute approximate surface area is 124 Å². The van der Waals surface area contributed by atoms with Crippen LogP contribution in [0.4, 0.5) is 4.79 Å². The summed E-state index contributed by atoms with van der Waals surface area (Å²) in [7, 11) is 1.93. The van der Waals surface area contributed by atoms with Crippen molar-refractivity contribution >= 4 is 12.0 Å². The van der Waals surface area contributed by atoms with Gasteiger partial charge in [-0.25, -0.2) is 9.78 Å². The minimum absolute atomic E-state index is 0.0676. The molecule has 2 amide bonds. The molecule has 1 unspecified atom stereocenters. The number of carbonyl (C=O) groups is 2. The van der Waals surface area contributed by atoms with Crippen LogP contribution in [0.15, 0.2) is 12.4 Å². The summed E-state index contributed by atoms with van der Waals surface area (Å²) < 4.78 is 1.93. The van der Waals surface area contributed by atoms with Gasteiger partial charge in [0.05, 0.1) is 0 Å². The standard InChI is InChI=1S/C14H22N4O3/c1-17-9-7-15-12(17)4-6-16-14(21)18-8-5-11(10-18)2-3-13(19)20/h7,9,11H,2-6,8,10H2,1H3,(H,16,21)(H,19,20). The molecule has 1 fully saturated rings. The van der Waals surface area contributed by atoms with Gasteiger partial charge in [0.1, 0.15) is 5.82 Å². The number of amides is 2. The van der Waals surface area contributed by atoms with Gasteiger partial charge >= 0.3 is 12.0 Å². The van der Waals surface area contributed by atoms with Crippen LogP contribution in [0, 0.1) is 5.92 Å². The Balaban J connectivity index is 1.67. The van der Waals surface area contributed by atoms with Gasteiger partial charge in [0.2, 0.25) is 0 Å². The second-order valence-electron chi connectivity index (χ2n) is 5.47. The summed E-state index contributed by atoms with van der Waals surface area (Å²) in [6, 6.07) is -0.0676. The molecule has 7 heteroatoms. The number of rotatable bonds is 6. The molecule has 7 nitrogen and oxygen atoms in total. The fraction of sp³-hybridized carbons (Fsp3) is 0.643. The molecule has 1 aliphatic rings. The zero-order valence-electron chi connectivity index (χ0n) is 12.3. The van der Waals surface area contributed by atoms with Crippen LogP contribution < -0.4 is 5.32 Å². The zero-order valence-corrected chi connectivity index (χ0v) is 12.3. The molecule has 1 aromatic heterocycles. The SMILES string of the molecule is Cn1ccnc1CCNC(=O)N1CCC(CCC(=O)O)C1. The summed E-state index contributed by atoms with van der Waals surface area (Å²) in [5.41, 5.74) is 0. The van der Waals surface area contributed by atoms with E-state index in [2.05, 4.69) is 10.3 Å². The number of carboxylic acids is 1. The number of imidazole rings is 1. The lowest BCUT2D eigenvalue weighted by molar-refractivity contribution is -0.137. The van der Waals surface area contributed by atoms with Crippen LogP contribution in [-0.4, -0.2) is 51.2 Å². The van der Waals surface area contributed by atoms with Gasteiger partial charge in [-0.15, -0.1) is 0 Å². The van der Waals surface area contributed by atoms with Crippen molar-refractivity contribution in [2.24, 2.45) is 13.0 Å². The largest absolute Gasteiger partial charge is 0.481 e. The van der Waals surface area contributed by atoms with Gasteiger partial charge in [-0.3, -0.25) is 4.79 Å². The number of aliphatic carboxylic acids is 1. The summed E-state index contributed by atoms with van der Waals surface area (Å²) in [6.07, 6.45) is 6.03. The van der Waals surface area contributed by atoms with Gasteiger partial charge in [0.15, 0.2) is 0 Å². The molecule has 1 aromatic rings. The summed E-state index contributed by atoms with van der Waals surface area (Å²) in [4.78, 5) is 28.5. The monoisotopic (exact) mass is 294 g/mol. The topological polar surface area (TPSA) is 87.5 Å². The Morgan fingerprint density at radius 1 is 1.52 bits per heavy atom. The number of urea groups is 1. The Morgan fingerprint density at radius 3 is 3.00 bits per heavy atom. The van der Waals surface area contributed by atoms with Gasteiger partial charge in [0.25, 0.3) is 0 Å². The summed E-state index contributed by atoms with van der Waals surface area (Å²) >= 11 is 0. The van der Waals surface area contributed by atoms with E-state index in [1.807, 2.05) is 17.8 Å². The van der Waals surface area contributed by atoms with E-state index in [0.29, 0.717) is 38.4 Å². The smallest absolute Gasteiger partial charge is 0.317 e. The van der Waals surface area contributed by atoms with Crippen LogP contribution in [0.1, 0.15) is 25.1 Å². The molecule has 116 valence electrons. The highest BCUT2D eigenvalue weighted by atomic mass is 16.4. The molecule has 21 heavy (non-hydrogen) atoms. The molecule has 0 aliphatic carbocycles. The van der Waals surface area contributed by atoms with Crippen LogP contribution in [0.25, 0.3) is 0 Å². The molecule has 0 radical (unpaired) electrons. The fourth-order valence-electron chi connectivity index (χ4n) is 2.61. The van der Waals surface area contributed by atoms with E-state index < -0.39 is 5.97 Å². The van der Waals surface area contributed by atoms with E-state index in [9.17, 15) is 9.59 Å². The lowest BCUT2D eigenvalue weighted by Crippen LogP contribution is -2.39. The molecule has 2 heterocycles. The number of likely N-dealkylation sites (tertiary alicyclic amines) is 1. The second kappa shape index (κ2) is 7.10. The molecule has 1 saturated heterocycles.